The third kappa shape index (κ3) is 3.06. The van der Waals surface area contributed by atoms with Gasteiger partial charge in [0.1, 0.15) is 17.6 Å². The van der Waals surface area contributed by atoms with Gasteiger partial charge >= 0.3 is 0 Å². The molecule has 3 aliphatic heterocycles. The maximum Gasteiger partial charge on any atom is 0.261 e. The third-order valence-corrected chi connectivity index (χ3v) is 7.86. The molecule has 1 saturated heterocycles. The van der Waals surface area contributed by atoms with E-state index in [9.17, 15) is 14.7 Å². The Hall–Kier alpha value is -3.07. The van der Waals surface area contributed by atoms with Crippen LogP contribution in [0.3, 0.4) is 0 Å². The van der Waals surface area contributed by atoms with Crippen molar-refractivity contribution >= 4 is 22.5 Å². The van der Waals surface area contributed by atoms with Crippen molar-refractivity contribution in [3.8, 4) is 0 Å². The first kappa shape index (κ1) is 22.4. The number of para-hydroxylation sites is 2. The Balaban J connectivity index is 1.50. The number of aromatic nitrogens is 2. The lowest BCUT2D eigenvalue weighted by atomic mass is 9.85. The lowest BCUT2D eigenvalue weighted by molar-refractivity contribution is -0.121. The second-order valence-corrected chi connectivity index (χ2v) is 10.9. The van der Waals surface area contributed by atoms with E-state index in [1.807, 2.05) is 62.4 Å². The van der Waals surface area contributed by atoms with Gasteiger partial charge in [-0.15, -0.1) is 0 Å². The fourth-order valence-corrected chi connectivity index (χ4v) is 6.12. The Morgan fingerprint density at radius 2 is 1.83 bits per heavy atom. The normalized spacial score (nSPS) is 28.9. The van der Waals surface area contributed by atoms with Crippen molar-refractivity contribution in [1.29, 1.82) is 0 Å². The molecule has 182 valence electrons. The summed E-state index contributed by atoms with van der Waals surface area (Å²) in [5.41, 5.74) is -0.166. The lowest BCUT2D eigenvalue weighted by Gasteiger charge is -2.40. The summed E-state index contributed by atoms with van der Waals surface area (Å²) in [6.07, 6.45) is -0.357. The van der Waals surface area contributed by atoms with Gasteiger partial charge in [0.05, 0.1) is 34.2 Å². The number of aliphatic hydroxyl groups is 1. The zero-order chi connectivity index (χ0) is 24.7. The molecule has 3 aromatic rings. The fraction of sp³-hybridized carbons (Fsp3) is 0.444. The molecular formula is C27H31N5O3. The summed E-state index contributed by atoms with van der Waals surface area (Å²) < 4.78 is 1.79. The number of carbonyl (C=O) groups excluding carboxylic acids is 1. The van der Waals surface area contributed by atoms with Gasteiger partial charge in [0, 0.05) is 18.5 Å². The van der Waals surface area contributed by atoms with E-state index in [0.29, 0.717) is 28.8 Å². The number of fused-ring (bicyclic) bond motifs is 5. The van der Waals surface area contributed by atoms with Crippen molar-refractivity contribution in [2.75, 3.05) is 11.4 Å². The summed E-state index contributed by atoms with van der Waals surface area (Å²) in [5, 5.41) is 19.8. The minimum atomic E-state index is -1.38. The van der Waals surface area contributed by atoms with Crippen LogP contribution in [0.5, 0.6) is 0 Å². The summed E-state index contributed by atoms with van der Waals surface area (Å²) in [4.78, 5) is 33.6. The van der Waals surface area contributed by atoms with Crippen molar-refractivity contribution in [3.05, 3.63) is 70.3 Å². The van der Waals surface area contributed by atoms with E-state index in [-0.39, 0.29) is 35.9 Å². The number of amides is 1. The zero-order valence-corrected chi connectivity index (χ0v) is 20.4. The standard InChI is InChI=1S/C27H31N5O3/c1-15(2)21-22-29-19-11-7-5-9-17(19)23(33)31(22)16(14-28-21)13-27(35)18-10-6-8-12-20(18)32-24(27)30-26(3,4)25(32)34/h5-12,15-16,21,24,28,30,35H,13-14H2,1-4H3/t16-,21+,24+,27-/m1/s1. The van der Waals surface area contributed by atoms with Gasteiger partial charge in [-0.05, 0) is 38.0 Å². The number of benzene rings is 2. The highest BCUT2D eigenvalue weighted by atomic mass is 16.3. The number of hydrogen-bond donors (Lipinski definition) is 3. The Morgan fingerprint density at radius 1 is 1.11 bits per heavy atom. The van der Waals surface area contributed by atoms with Crippen LogP contribution in [-0.2, 0) is 10.4 Å². The van der Waals surface area contributed by atoms with E-state index in [4.69, 9.17) is 4.98 Å². The highest BCUT2D eigenvalue weighted by molar-refractivity contribution is 6.05. The molecule has 2 aromatic carbocycles. The number of nitrogens with one attached hydrogen (secondary N) is 2. The van der Waals surface area contributed by atoms with Crippen LogP contribution in [0.25, 0.3) is 10.9 Å². The van der Waals surface area contributed by atoms with E-state index in [1.165, 1.54) is 0 Å². The van der Waals surface area contributed by atoms with Crippen LogP contribution >= 0.6 is 0 Å². The van der Waals surface area contributed by atoms with Crippen LogP contribution in [-0.4, -0.2) is 38.8 Å². The molecule has 0 aliphatic carbocycles. The summed E-state index contributed by atoms with van der Waals surface area (Å²) in [5.74, 6) is 0.858. The maximum absolute atomic E-state index is 13.8. The largest absolute Gasteiger partial charge is 0.381 e. The van der Waals surface area contributed by atoms with E-state index in [2.05, 4.69) is 24.5 Å². The molecule has 0 unspecified atom stereocenters. The lowest BCUT2D eigenvalue weighted by Crippen LogP contribution is -2.54. The van der Waals surface area contributed by atoms with Gasteiger partial charge in [-0.2, -0.15) is 0 Å². The number of anilines is 1. The Morgan fingerprint density at radius 3 is 2.60 bits per heavy atom. The first-order valence-electron chi connectivity index (χ1n) is 12.3. The molecule has 6 rings (SSSR count). The van der Waals surface area contributed by atoms with Gasteiger partial charge in [-0.1, -0.05) is 44.2 Å². The summed E-state index contributed by atoms with van der Waals surface area (Å²) >= 11 is 0. The topological polar surface area (TPSA) is 99.5 Å². The van der Waals surface area contributed by atoms with Crippen molar-refractivity contribution < 1.29 is 9.90 Å². The van der Waals surface area contributed by atoms with Crippen molar-refractivity contribution in [3.63, 3.8) is 0 Å². The van der Waals surface area contributed by atoms with Crippen molar-refractivity contribution in [2.45, 2.75) is 63.5 Å². The molecule has 8 nitrogen and oxygen atoms in total. The van der Waals surface area contributed by atoms with E-state index < -0.39 is 17.3 Å². The fourth-order valence-electron chi connectivity index (χ4n) is 6.12. The zero-order valence-electron chi connectivity index (χ0n) is 20.4. The number of rotatable bonds is 3. The van der Waals surface area contributed by atoms with Crippen LogP contribution in [0.1, 0.15) is 57.6 Å². The first-order valence-corrected chi connectivity index (χ1v) is 12.3. The Labute approximate surface area is 204 Å². The first-order chi connectivity index (χ1) is 16.6. The molecule has 1 amide bonds. The molecule has 3 N–H and O–H groups in total. The summed E-state index contributed by atoms with van der Waals surface area (Å²) in [7, 11) is 0. The van der Waals surface area contributed by atoms with Gasteiger partial charge in [0.2, 0.25) is 5.91 Å². The Bertz CT molecular complexity index is 1410. The van der Waals surface area contributed by atoms with Gasteiger partial charge in [0.25, 0.3) is 5.56 Å². The van der Waals surface area contributed by atoms with Gasteiger partial charge in [-0.3, -0.25) is 24.4 Å². The van der Waals surface area contributed by atoms with E-state index >= 15 is 0 Å². The molecule has 1 aromatic heterocycles. The third-order valence-electron chi connectivity index (χ3n) is 7.86. The van der Waals surface area contributed by atoms with Gasteiger partial charge in [-0.25, -0.2) is 4.98 Å². The van der Waals surface area contributed by atoms with Gasteiger partial charge < -0.3 is 10.4 Å². The van der Waals surface area contributed by atoms with Gasteiger partial charge in [0.15, 0.2) is 0 Å². The SMILES string of the molecule is CC(C)[C@@H]1NC[C@@H](C[C@@]2(O)c3ccccc3N3C(=O)C(C)(C)N[C@@H]32)n2c1nc1ccccc1c2=O. The van der Waals surface area contributed by atoms with E-state index in [0.717, 1.165) is 5.69 Å². The molecule has 3 aliphatic rings. The molecule has 4 atom stereocenters. The molecule has 1 fully saturated rings. The number of carbonyl (C=O) groups is 1. The van der Waals surface area contributed by atoms with Crippen LogP contribution in [0.2, 0.25) is 0 Å². The highest BCUT2D eigenvalue weighted by Gasteiger charge is 2.60. The summed E-state index contributed by atoms with van der Waals surface area (Å²) in [6, 6.07) is 14.5. The van der Waals surface area contributed by atoms with Crippen molar-refractivity contribution in [1.82, 2.24) is 20.2 Å². The smallest absolute Gasteiger partial charge is 0.261 e. The highest BCUT2D eigenvalue weighted by Crippen LogP contribution is 2.50. The molecule has 0 radical (unpaired) electrons. The van der Waals surface area contributed by atoms with Crippen LogP contribution < -0.4 is 21.1 Å². The average Bonchev–Trinajstić information content (AvgIpc) is 3.21. The van der Waals surface area contributed by atoms with E-state index in [1.54, 1.807) is 9.47 Å². The van der Waals surface area contributed by atoms with Crippen molar-refractivity contribution in [2.24, 2.45) is 5.92 Å². The molecule has 0 spiro atoms. The summed E-state index contributed by atoms with van der Waals surface area (Å²) in [6.45, 7) is 8.41. The minimum Gasteiger partial charge on any atom is -0.381 e. The molecule has 8 heteroatoms. The Kier molecular flexibility index (Phi) is 4.78. The monoisotopic (exact) mass is 473 g/mol. The predicted molar refractivity (Wildman–Crippen MR) is 134 cm³/mol. The minimum absolute atomic E-state index is 0.0715. The average molecular weight is 474 g/mol. The van der Waals surface area contributed by atoms with Crippen LogP contribution in [0, 0.1) is 5.92 Å². The molecule has 0 saturated carbocycles. The second kappa shape index (κ2) is 7.46. The second-order valence-electron chi connectivity index (χ2n) is 10.9. The molecule has 4 heterocycles. The van der Waals surface area contributed by atoms with Crippen LogP contribution in [0.4, 0.5) is 5.69 Å². The maximum atomic E-state index is 13.8. The molecule has 35 heavy (non-hydrogen) atoms. The molecule has 0 bridgehead atoms. The molecular weight excluding hydrogens is 442 g/mol. The predicted octanol–water partition coefficient (Wildman–Crippen LogP) is 2.57. The quantitative estimate of drug-likeness (QED) is 0.541. The number of hydrogen-bond acceptors (Lipinski definition) is 6. The van der Waals surface area contributed by atoms with Crippen LogP contribution in [0.15, 0.2) is 53.3 Å². The number of nitrogens with zero attached hydrogens (tertiary/aromatic N) is 3.